The lowest BCUT2D eigenvalue weighted by Crippen LogP contribution is -2.42. The molecule has 17 heavy (non-hydrogen) atoms. The van der Waals surface area contributed by atoms with Gasteiger partial charge in [-0.1, -0.05) is 19.8 Å². The van der Waals surface area contributed by atoms with Crippen molar-refractivity contribution >= 4 is 15.9 Å². The molecule has 1 aliphatic rings. The predicted octanol–water partition coefficient (Wildman–Crippen LogP) is 0.621. The summed E-state index contributed by atoms with van der Waals surface area (Å²) in [6.07, 6.45) is 5.89. The number of carbonyl (C=O) groups excluding carboxylic acids is 1. The third-order valence-electron chi connectivity index (χ3n) is 3.17. The third-order valence-corrected chi connectivity index (χ3v) is 3.90. The molecule has 2 atom stereocenters. The molecule has 0 aromatic carbocycles. The standard InChI is InChI=1S/C11H22N2O3S/c1-9-5-3-4-6-10(9)13-11(14)7-8-12-17(2,15)16/h9-10,12H,3-8H2,1-2H3,(H,13,14)/t9-,10-/m1/s1. The molecule has 2 N–H and O–H groups in total. The Morgan fingerprint density at radius 3 is 2.53 bits per heavy atom. The van der Waals surface area contributed by atoms with Crippen LogP contribution < -0.4 is 10.0 Å². The van der Waals surface area contributed by atoms with E-state index in [-0.39, 0.29) is 24.9 Å². The van der Waals surface area contributed by atoms with E-state index >= 15 is 0 Å². The van der Waals surface area contributed by atoms with Crippen LogP contribution in [-0.4, -0.2) is 33.2 Å². The lowest BCUT2D eigenvalue weighted by atomic mass is 9.86. The second-order valence-electron chi connectivity index (χ2n) is 4.85. The minimum Gasteiger partial charge on any atom is -0.353 e. The maximum absolute atomic E-state index is 11.6. The van der Waals surface area contributed by atoms with Crippen LogP contribution in [0.3, 0.4) is 0 Å². The molecule has 0 aliphatic heterocycles. The molecule has 1 saturated carbocycles. The van der Waals surface area contributed by atoms with E-state index in [9.17, 15) is 13.2 Å². The van der Waals surface area contributed by atoms with E-state index in [0.29, 0.717) is 5.92 Å². The number of amides is 1. The van der Waals surface area contributed by atoms with Crippen LogP contribution in [0.2, 0.25) is 0 Å². The molecule has 0 bridgehead atoms. The third kappa shape index (κ3) is 6.02. The molecule has 1 amide bonds. The summed E-state index contributed by atoms with van der Waals surface area (Å²) in [5, 5.41) is 2.98. The zero-order valence-corrected chi connectivity index (χ0v) is 11.3. The number of carbonyl (C=O) groups is 1. The molecular weight excluding hydrogens is 240 g/mol. The van der Waals surface area contributed by atoms with Gasteiger partial charge in [-0.2, -0.15) is 0 Å². The van der Waals surface area contributed by atoms with Gasteiger partial charge in [-0.25, -0.2) is 13.1 Å². The lowest BCUT2D eigenvalue weighted by molar-refractivity contribution is -0.122. The fraction of sp³-hybridized carbons (Fsp3) is 0.909. The summed E-state index contributed by atoms with van der Waals surface area (Å²) in [4.78, 5) is 11.6. The first-order chi connectivity index (χ1) is 7.88. The van der Waals surface area contributed by atoms with E-state index < -0.39 is 10.0 Å². The molecule has 1 rings (SSSR count). The smallest absolute Gasteiger partial charge is 0.221 e. The van der Waals surface area contributed by atoms with E-state index in [1.807, 2.05) is 0 Å². The average molecular weight is 262 g/mol. The summed E-state index contributed by atoms with van der Waals surface area (Å²) >= 11 is 0. The highest BCUT2D eigenvalue weighted by molar-refractivity contribution is 7.88. The summed E-state index contributed by atoms with van der Waals surface area (Å²) < 4.78 is 23.9. The number of hydrogen-bond donors (Lipinski definition) is 2. The van der Waals surface area contributed by atoms with E-state index in [1.165, 1.54) is 6.42 Å². The van der Waals surface area contributed by atoms with Gasteiger partial charge in [0.05, 0.1) is 6.26 Å². The van der Waals surface area contributed by atoms with Gasteiger partial charge >= 0.3 is 0 Å². The van der Waals surface area contributed by atoms with Crippen LogP contribution in [-0.2, 0) is 14.8 Å². The van der Waals surface area contributed by atoms with Crippen molar-refractivity contribution in [2.75, 3.05) is 12.8 Å². The Labute approximate surface area is 103 Å². The molecule has 0 aromatic rings. The zero-order chi connectivity index (χ0) is 12.9. The Balaban J connectivity index is 2.24. The minimum absolute atomic E-state index is 0.0695. The Hall–Kier alpha value is -0.620. The second-order valence-corrected chi connectivity index (χ2v) is 6.69. The maximum Gasteiger partial charge on any atom is 0.221 e. The summed E-state index contributed by atoms with van der Waals surface area (Å²) in [6.45, 7) is 2.32. The molecule has 100 valence electrons. The molecule has 0 spiro atoms. The van der Waals surface area contributed by atoms with Crippen LogP contribution >= 0.6 is 0 Å². The van der Waals surface area contributed by atoms with Gasteiger partial charge in [0.15, 0.2) is 0 Å². The molecule has 0 unspecified atom stereocenters. The largest absolute Gasteiger partial charge is 0.353 e. The first kappa shape index (κ1) is 14.4. The van der Waals surface area contributed by atoms with Crippen molar-refractivity contribution < 1.29 is 13.2 Å². The Kier molecular flexibility index (Phi) is 5.39. The topological polar surface area (TPSA) is 75.3 Å². The molecule has 0 heterocycles. The van der Waals surface area contributed by atoms with Gasteiger partial charge in [0.2, 0.25) is 15.9 Å². The van der Waals surface area contributed by atoms with Crippen LogP contribution in [0, 0.1) is 5.92 Å². The SMILES string of the molecule is C[C@@H]1CCCC[C@H]1NC(=O)CCNS(C)(=O)=O. The van der Waals surface area contributed by atoms with Crippen LogP contribution in [0.25, 0.3) is 0 Å². The minimum atomic E-state index is -3.19. The first-order valence-electron chi connectivity index (χ1n) is 6.12. The Bertz CT molecular complexity index is 354. The highest BCUT2D eigenvalue weighted by Crippen LogP contribution is 2.23. The van der Waals surface area contributed by atoms with Gasteiger partial charge in [0, 0.05) is 19.0 Å². The zero-order valence-electron chi connectivity index (χ0n) is 10.5. The van der Waals surface area contributed by atoms with E-state index in [0.717, 1.165) is 25.5 Å². The monoisotopic (exact) mass is 262 g/mol. The number of hydrogen-bond acceptors (Lipinski definition) is 3. The molecule has 1 fully saturated rings. The van der Waals surface area contributed by atoms with Crippen molar-refractivity contribution in [2.45, 2.75) is 45.1 Å². The number of sulfonamides is 1. The quantitative estimate of drug-likeness (QED) is 0.762. The molecule has 0 radical (unpaired) electrons. The van der Waals surface area contributed by atoms with Crippen molar-refractivity contribution in [1.29, 1.82) is 0 Å². The van der Waals surface area contributed by atoms with Crippen molar-refractivity contribution in [3.8, 4) is 0 Å². The van der Waals surface area contributed by atoms with Gasteiger partial charge in [-0.05, 0) is 18.8 Å². The Morgan fingerprint density at radius 2 is 1.94 bits per heavy atom. The highest BCUT2D eigenvalue weighted by atomic mass is 32.2. The van der Waals surface area contributed by atoms with Gasteiger partial charge in [-0.3, -0.25) is 4.79 Å². The molecule has 6 heteroatoms. The molecule has 1 aliphatic carbocycles. The summed E-state index contributed by atoms with van der Waals surface area (Å²) in [6, 6.07) is 0.259. The number of rotatable bonds is 5. The van der Waals surface area contributed by atoms with E-state index in [1.54, 1.807) is 0 Å². The average Bonchev–Trinajstić information content (AvgIpc) is 2.19. The first-order valence-corrected chi connectivity index (χ1v) is 8.01. The van der Waals surface area contributed by atoms with Crippen LogP contribution in [0.1, 0.15) is 39.0 Å². The van der Waals surface area contributed by atoms with Crippen LogP contribution in [0.15, 0.2) is 0 Å². The molecule has 0 aromatic heterocycles. The van der Waals surface area contributed by atoms with Gasteiger partial charge in [0.25, 0.3) is 0 Å². The fourth-order valence-electron chi connectivity index (χ4n) is 2.16. The van der Waals surface area contributed by atoms with E-state index in [4.69, 9.17) is 0 Å². The van der Waals surface area contributed by atoms with Crippen molar-refractivity contribution in [2.24, 2.45) is 5.92 Å². The molecule has 0 saturated heterocycles. The molecule has 5 nitrogen and oxygen atoms in total. The maximum atomic E-state index is 11.6. The van der Waals surface area contributed by atoms with E-state index in [2.05, 4.69) is 17.0 Å². The summed E-state index contributed by atoms with van der Waals surface area (Å²) in [5.74, 6) is 0.454. The van der Waals surface area contributed by atoms with Crippen molar-refractivity contribution in [1.82, 2.24) is 10.0 Å². The lowest BCUT2D eigenvalue weighted by Gasteiger charge is -2.29. The van der Waals surface area contributed by atoms with Gasteiger partial charge in [0.1, 0.15) is 0 Å². The molecular formula is C11H22N2O3S. The van der Waals surface area contributed by atoms with Gasteiger partial charge < -0.3 is 5.32 Å². The highest BCUT2D eigenvalue weighted by Gasteiger charge is 2.22. The normalized spacial score (nSPS) is 25.5. The van der Waals surface area contributed by atoms with Crippen LogP contribution in [0.5, 0.6) is 0 Å². The predicted molar refractivity (Wildman–Crippen MR) is 67.0 cm³/mol. The van der Waals surface area contributed by atoms with Gasteiger partial charge in [-0.15, -0.1) is 0 Å². The van der Waals surface area contributed by atoms with Crippen molar-refractivity contribution in [3.05, 3.63) is 0 Å². The fourth-order valence-corrected chi connectivity index (χ4v) is 2.63. The summed E-state index contributed by atoms with van der Waals surface area (Å²) in [5.41, 5.74) is 0. The number of nitrogens with one attached hydrogen (secondary N) is 2. The summed E-state index contributed by atoms with van der Waals surface area (Å²) in [7, 11) is -3.19. The van der Waals surface area contributed by atoms with Crippen LogP contribution in [0.4, 0.5) is 0 Å². The Morgan fingerprint density at radius 1 is 1.29 bits per heavy atom. The van der Waals surface area contributed by atoms with Crippen molar-refractivity contribution in [3.63, 3.8) is 0 Å². The second kappa shape index (κ2) is 6.35.